The maximum Gasteiger partial charge on any atom is 0.337 e. The van der Waals surface area contributed by atoms with Crippen LogP contribution in [0.25, 0.3) is 0 Å². The van der Waals surface area contributed by atoms with E-state index in [0.29, 0.717) is 22.7 Å². The Labute approximate surface area is 185 Å². The summed E-state index contributed by atoms with van der Waals surface area (Å²) in [5.41, 5.74) is 3.22. The highest BCUT2D eigenvalue weighted by Gasteiger charge is 2.26. The summed E-state index contributed by atoms with van der Waals surface area (Å²) in [6.07, 6.45) is 0.247. The van der Waals surface area contributed by atoms with Crippen LogP contribution in [0.3, 0.4) is 0 Å². The van der Waals surface area contributed by atoms with Crippen LogP contribution >= 0.6 is 0 Å². The molecule has 0 saturated heterocycles. The number of fused-ring (bicyclic) bond motifs is 1. The van der Waals surface area contributed by atoms with Crippen molar-refractivity contribution in [2.24, 2.45) is 0 Å². The third-order valence-electron chi connectivity index (χ3n) is 5.08. The summed E-state index contributed by atoms with van der Waals surface area (Å²) in [6, 6.07) is 21.6. The number of hydrogen-bond acceptors (Lipinski definition) is 5. The molecule has 0 unspecified atom stereocenters. The lowest BCUT2D eigenvalue weighted by atomic mass is 10.1. The van der Waals surface area contributed by atoms with Gasteiger partial charge in [0.15, 0.2) is 6.61 Å². The van der Waals surface area contributed by atoms with Crippen LogP contribution in [0.5, 0.6) is 5.75 Å². The first kappa shape index (κ1) is 21.1. The second kappa shape index (κ2) is 9.34. The Kier molecular flexibility index (Phi) is 6.17. The zero-order chi connectivity index (χ0) is 22.5. The molecule has 0 aliphatic carbocycles. The Morgan fingerprint density at radius 2 is 1.78 bits per heavy atom. The van der Waals surface area contributed by atoms with E-state index in [-0.39, 0.29) is 31.4 Å². The minimum Gasteiger partial charge on any atom is -0.482 e. The van der Waals surface area contributed by atoms with Crippen molar-refractivity contribution < 1.29 is 23.9 Å². The van der Waals surface area contributed by atoms with Gasteiger partial charge >= 0.3 is 5.97 Å². The predicted molar refractivity (Wildman–Crippen MR) is 120 cm³/mol. The molecular weight excluding hydrogens is 408 g/mol. The van der Waals surface area contributed by atoms with Gasteiger partial charge in [-0.25, -0.2) is 4.79 Å². The van der Waals surface area contributed by atoms with Crippen molar-refractivity contribution in [2.45, 2.75) is 13.0 Å². The standard InChI is InChI=1S/C25H22N2O5/c1-31-25(30)19-9-5-8-18(12-19)15-27-21-14-20(10-11-22(21)32-16-24(27)29)26-23(28)13-17-6-3-2-4-7-17/h2-12,14H,13,15-16H2,1H3,(H,26,28). The van der Waals surface area contributed by atoms with Gasteiger partial charge in [0, 0.05) is 5.69 Å². The molecule has 7 heteroatoms. The summed E-state index contributed by atoms with van der Waals surface area (Å²) < 4.78 is 10.3. The minimum absolute atomic E-state index is 0.0800. The van der Waals surface area contributed by atoms with Crippen LogP contribution in [0, 0.1) is 0 Å². The zero-order valence-corrected chi connectivity index (χ0v) is 17.5. The van der Waals surface area contributed by atoms with Gasteiger partial charge < -0.3 is 19.7 Å². The van der Waals surface area contributed by atoms with Crippen LogP contribution < -0.4 is 15.0 Å². The van der Waals surface area contributed by atoms with E-state index in [1.54, 1.807) is 41.3 Å². The number of carbonyl (C=O) groups excluding carboxylic acids is 3. The number of esters is 1. The van der Waals surface area contributed by atoms with Gasteiger partial charge in [-0.05, 0) is 41.5 Å². The molecule has 2 amide bonds. The topological polar surface area (TPSA) is 84.9 Å². The van der Waals surface area contributed by atoms with Crippen molar-refractivity contribution >= 4 is 29.2 Å². The minimum atomic E-state index is -0.441. The number of ether oxygens (including phenoxy) is 2. The lowest BCUT2D eigenvalue weighted by molar-refractivity contribution is -0.121. The van der Waals surface area contributed by atoms with Crippen molar-refractivity contribution in [1.29, 1.82) is 0 Å². The number of anilines is 2. The molecule has 0 spiro atoms. The highest BCUT2D eigenvalue weighted by molar-refractivity contribution is 6.00. The monoisotopic (exact) mass is 430 g/mol. The predicted octanol–water partition coefficient (Wildman–Crippen LogP) is 3.58. The SMILES string of the molecule is COC(=O)c1cccc(CN2C(=O)COc3ccc(NC(=O)Cc4ccccc4)cc32)c1. The number of nitrogens with zero attached hydrogens (tertiary/aromatic N) is 1. The lowest BCUT2D eigenvalue weighted by Crippen LogP contribution is -2.38. The lowest BCUT2D eigenvalue weighted by Gasteiger charge is -2.30. The van der Waals surface area contributed by atoms with Crippen molar-refractivity contribution in [3.05, 3.63) is 89.5 Å². The van der Waals surface area contributed by atoms with Crippen molar-refractivity contribution in [3.63, 3.8) is 0 Å². The van der Waals surface area contributed by atoms with Crippen LogP contribution in [0.2, 0.25) is 0 Å². The fraction of sp³-hybridized carbons (Fsp3) is 0.160. The summed E-state index contributed by atoms with van der Waals surface area (Å²) in [4.78, 5) is 38.5. The van der Waals surface area contributed by atoms with E-state index >= 15 is 0 Å². The van der Waals surface area contributed by atoms with E-state index in [2.05, 4.69) is 5.32 Å². The van der Waals surface area contributed by atoms with Gasteiger partial charge in [-0.2, -0.15) is 0 Å². The summed E-state index contributed by atoms with van der Waals surface area (Å²) in [5, 5.41) is 2.88. The molecule has 0 atom stereocenters. The number of rotatable bonds is 6. The number of hydrogen-bond donors (Lipinski definition) is 1. The molecule has 7 nitrogen and oxygen atoms in total. The van der Waals surface area contributed by atoms with Gasteiger partial charge in [0.05, 0.1) is 31.3 Å². The maximum atomic E-state index is 12.6. The summed E-state index contributed by atoms with van der Waals surface area (Å²) in [7, 11) is 1.32. The average Bonchev–Trinajstić information content (AvgIpc) is 2.81. The highest BCUT2D eigenvalue weighted by Crippen LogP contribution is 2.35. The van der Waals surface area contributed by atoms with Crippen molar-refractivity contribution in [2.75, 3.05) is 23.9 Å². The summed E-state index contributed by atoms with van der Waals surface area (Å²) in [5.74, 6) is -0.260. The van der Waals surface area contributed by atoms with Gasteiger partial charge in [-0.1, -0.05) is 42.5 Å². The van der Waals surface area contributed by atoms with E-state index in [1.165, 1.54) is 7.11 Å². The summed E-state index contributed by atoms with van der Waals surface area (Å²) >= 11 is 0. The number of nitrogens with one attached hydrogen (secondary N) is 1. The molecule has 1 aliphatic heterocycles. The molecule has 0 bridgehead atoms. The fourth-order valence-corrected chi connectivity index (χ4v) is 3.54. The van der Waals surface area contributed by atoms with Gasteiger partial charge in [-0.15, -0.1) is 0 Å². The van der Waals surface area contributed by atoms with E-state index in [0.717, 1.165) is 11.1 Å². The normalized spacial score (nSPS) is 12.5. The highest BCUT2D eigenvalue weighted by atomic mass is 16.5. The van der Waals surface area contributed by atoms with Gasteiger partial charge in [0.25, 0.3) is 5.91 Å². The largest absolute Gasteiger partial charge is 0.482 e. The first-order valence-corrected chi connectivity index (χ1v) is 10.1. The molecule has 0 radical (unpaired) electrons. The molecule has 4 rings (SSSR count). The number of amides is 2. The van der Waals surface area contributed by atoms with Crippen LogP contribution in [0.1, 0.15) is 21.5 Å². The molecule has 0 saturated carbocycles. The Bertz CT molecular complexity index is 1160. The van der Waals surface area contributed by atoms with E-state index in [9.17, 15) is 14.4 Å². The van der Waals surface area contributed by atoms with Crippen LogP contribution in [0.15, 0.2) is 72.8 Å². The van der Waals surface area contributed by atoms with Crippen molar-refractivity contribution in [1.82, 2.24) is 0 Å². The maximum absolute atomic E-state index is 12.6. The fourth-order valence-electron chi connectivity index (χ4n) is 3.54. The Balaban J connectivity index is 1.55. The van der Waals surface area contributed by atoms with Crippen molar-refractivity contribution in [3.8, 4) is 5.75 Å². The number of carbonyl (C=O) groups is 3. The smallest absolute Gasteiger partial charge is 0.337 e. The van der Waals surface area contributed by atoms with Crippen LogP contribution in [-0.2, 0) is 27.3 Å². The average molecular weight is 430 g/mol. The molecule has 162 valence electrons. The third kappa shape index (κ3) is 4.78. The quantitative estimate of drug-likeness (QED) is 0.605. The summed E-state index contributed by atoms with van der Waals surface area (Å²) in [6.45, 7) is 0.171. The second-order valence-corrected chi connectivity index (χ2v) is 7.35. The molecule has 3 aromatic carbocycles. The molecule has 32 heavy (non-hydrogen) atoms. The molecular formula is C25H22N2O5. The molecule has 1 aliphatic rings. The Morgan fingerprint density at radius 1 is 1.00 bits per heavy atom. The molecule has 0 aromatic heterocycles. The molecule has 3 aromatic rings. The van der Waals surface area contributed by atoms with E-state index in [1.807, 2.05) is 36.4 Å². The van der Waals surface area contributed by atoms with Crippen LogP contribution in [-0.4, -0.2) is 31.5 Å². The van der Waals surface area contributed by atoms with Gasteiger partial charge in [-0.3, -0.25) is 9.59 Å². The number of benzene rings is 3. The molecule has 0 fully saturated rings. The first-order valence-electron chi connectivity index (χ1n) is 10.1. The Hall–Kier alpha value is -4.13. The van der Waals surface area contributed by atoms with Crippen LogP contribution in [0.4, 0.5) is 11.4 Å². The first-order chi connectivity index (χ1) is 15.5. The Morgan fingerprint density at radius 3 is 2.56 bits per heavy atom. The molecule has 1 heterocycles. The van der Waals surface area contributed by atoms with E-state index in [4.69, 9.17) is 9.47 Å². The van der Waals surface area contributed by atoms with Gasteiger partial charge in [0.1, 0.15) is 5.75 Å². The van der Waals surface area contributed by atoms with Gasteiger partial charge in [0.2, 0.25) is 5.91 Å². The zero-order valence-electron chi connectivity index (χ0n) is 17.5. The second-order valence-electron chi connectivity index (χ2n) is 7.35. The third-order valence-corrected chi connectivity index (χ3v) is 5.08. The van der Waals surface area contributed by atoms with E-state index < -0.39 is 5.97 Å². The number of methoxy groups -OCH3 is 1. The molecule has 1 N–H and O–H groups in total.